The van der Waals surface area contributed by atoms with E-state index in [4.69, 9.17) is 4.74 Å². The number of aromatic amines is 1. The van der Waals surface area contributed by atoms with Gasteiger partial charge in [0.15, 0.2) is 11.2 Å². The van der Waals surface area contributed by atoms with E-state index in [0.29, 0.717) is 37.8 Å². The van der Waals surface area contributed by atoms with Crippen LogP contribution in [0.2, 0.25) is 0 Å². The molecule has 158 valence electrons. The van der Waals surface area contributed by atoms with E-state index in [1.807, 2.05) is 4.90 Å². The van der Waals surface area contributed by atoms with E-state index in [2.05, 4.69) is 9.97 Å². The molecule has 2 aromatic heterocycles. The van der Waals surface area contributed by atoms with Gasteiger partial charge < -0.3 is 19.3 Å². The van der Waals surface area contributed by atoms with Crippen LogP contribution < -0.4 is 16.1 Å². The number of hydrogen-bond acceptors (Lipinski definition) is 8. The molecule has 3 heterocycles. The Morgan fingerprint density at radius 1 is 1.27 bits per heavy atom. The Bertz CT molecular complexity index is 1200. The normalized spacial score (nSPS) is 15.5. The first kappa shape index (κ1) is 19.8. The quantitative estimate of drug-likeness (QED) is 0.433. The lowest BCUT2D eigenvalue weighted by Crippen LogP contribution is -2.38. The lowest BCUT2D eigenvalue weighted by atomic mass is 10.1. The molecule has 4 rings (SSSR count). The number of rotatable bonds is 5. The summed E-state index contributed by atoms with van der Waals surface area (Å²) in [6.45, 7) is 2.04. The third-order valence-electron chi connectivity index (χ3n) is 5.13. The number of nitrogens with zero attached hydrogens (tertiary/aromatic N) is 5. The Hall–Kier alpha value is -3.51. The van der Waals surface area contributed by atoms with Crippen molar-refractivity contribution >= 4 is 22.8 Å². The van der Waals surface area contributed by atoms with E-state index in [1.54, 1.807) is 4.57 Å². The molecule has 3 aromatic rings. The number of fused-ring (bicyclic) bond motifs is 1. The molecule has 12 heteroatoms. The molecule has 0 bridgehead atoms. The first-order valence-electron chi connectivity index (χ1n) is 9.31. The molecule has 0 unspecified atom stereocenters. The molecule has 0 spiro atoms. The molecule has 12 nitrogen and oxygen atoms in total. The standard InChI is InChI=1S/C18H20N6O6/c1-21-15-14(16(26)20-18(21)27)23(17(19-15)22-6-8-30-9-7-22)10-13(25)11-2-4-12(5-3-11)24(28)29/h2-5,13,25H,6-10H2,1H3,(H,20,26,27)/t13-/m1/s1. The minimum Gasteiger partial charge on any atom is -0.387 e. The number of nitro benzene ring substituents is 1. The van der Waals surface area contributed by atoms with E-state index < -0.39 is 22.3 Å². The summed E-state index contributed by atoms with van der Waals surface area (Å²) in [5.41, 5.74) is -0.436. The second-order valence-electron chi connectivity index (χ2n) is 6.98. The Balaban J connectivity index is 1.79. The van der Waals surface area contributed by atoms with Gasteiger partial charge in [-0.25, -0.2) is 4.79 Å². The van der Waals surface area contributed by atoms with Gasteiger partial charge in [0.05, 0.1) is 30.8 Å². The largest absolute Gasteiger partial charge is 0.387 e. The van der Waals surface area contributed by atoms with Gasteiger partial charge in [0.2, 0.25) is 5.95 Å². The summed E-state index contributed by atoms with van der Waals surface area (Å²) in [5, 5.41) is 21.6. The van der Waals surface area contributed by atoms with Crippen molar-refractivity contribution in [3.63, 3.8) is 0 Å². The number of non-ortho nitro benzene ring substituents is 1. The first-order valence-corrected chi connectivity index (χ1v) is 9.31. The third-order valence-corrected chi connectivity index (χ3v) is 5.13. The number of aromatic nitrogens is 4. The summed E-state index contributed by atoms with van der Waals surface area (Å²) in [4.78, 5) is 43.6. The predicted octanol–water partition coefficient (Wildman–Crippen LogP) is -0.0983. The van der Waals surface area contributed by atoms with Crippen LogP contribution in [0, 0.1) is 10.1 Å². The fourth-order valence-electron chi connectivity index (χ4n) is 3.50. The van der Waals surface area contributed by atoms with E-state index in [-0.39, 0.29) is 23.4 Å². The van der Waals surface area contributed by atoms with Crippen molar-refractivity contribution < 1.29 is 14.8 Å². The number of aryl methyl sites for hydroxylation is 1. The van der Waals surface area contributed by atoms with Crippen molar-refractivity contribution in [3.05, 3.63) is 60.8 Å². The van der Waals surface area contributed by atoms with Crippen LogP contribution in [0.1, 0.15) is 11.7 Å². The molecule has 1 saturated heterocycles. The lowest BCUT2D eigenvalue weighted by Gasteiger charge is -2.28. The predicted molar refractivity (Wildman–Crippen MR) is 107 cm³/mol. The Morgan fingerprint density at radius 2 is 1.93 bits per heavy atom. The number of nitrogens with one attached hydrogen (secondary N) is 1. The van der Waals surface area contributed by atoms with Gasteiger partial charge in [-0.3, -0.25) is 24.5 Å². The molecule has 0 aliphatic carbocycles. The summed E-state index contributed by atoms with van der Waals surface area (Å²) in [6.07, 6.45) is -1.06. The number of aliphatic hydroxyl groups excluding tert-OH is 1. The molecular weight excluding hydrogens is 396 g/mol. The van der Waals surface area contributed by atoms with Crippen LogP contribution in [0.3, 0.4) is 0 Å². The number of hydrogen-bond donors (Lipinski definition) is 2. The number of aliphatic hydroxyl groups is 1. The minimum atomic E-state index is -1.06. The van der Waals surface area contributed by atoms with Gasteiger partial charge in [0.25, 0.3) is 11.2 Å². The fraction of sp³-hybridized carbons (Fsp3) is 0.389. The van der Waals surface area contributed by atoms with Crippen LogP contribution >= 0.6 is 0 Å². The summed E-state index contributed by atoms with van der Waals surface area (Å²) in [5.74, 6) is 0.445. The van der Waals surface area contributed by atoms with Gasteiger partial charge in [-0.05, 0) is 17.7 Å². The molecule has 1 aromatic carbocycles. The zero-order chi connectivity index (χ0) is 21.4. The highest BCUT2D eigenvalue weighted by atomic mass is 16.6. The zero-order valence-corrected chi connectivity index (χ0v) is 16.1. The average Bonchev–Trinajstić information content (AvgIpc) is 3.12. The number of morpholine rings is 1. The van der Waals surface area contributed by atoms with Gasteiger partial charge in [-0.1, -0.05) is 0 Å². The van der Waals surface area contributed by atoms with E-state index >= 15 is 0 Å². The topological polar surface area (TPSA) is 149 Å². The van der Waals surface area contributed by atoms with Gasteiger partial charge >= 0.3 is 5.69 Å². The van der Waals surface area contributed by atoms with Crippen molar-refractivity contribution in [1.29, 1.82) is 0 Å². The van der Waals surface area contributed by atoms with Crippen LogP contribution in [0.15, 0.2) is 33.9 Å². The molecule has 1 atom stereocenters. The number of ether oxygens (including phenoxy) is 1. The van der Waals surface area contributed by atoms with Crippen LogP contribution in [-0.4, -0.2) is 55.4 Å². The highest BCUT2D eigenvalue weighted by Gasteiger charge is 2.25. The maximum Gasteiger partial charge on any atom is 0.329 e. The third kappa shape index (κ3) is 3.46. The van der Waals surface area contributed by atoms with Crippen molar-refractivity contribution in [1.82, 2.24) is 19.1 Å². The summed E-state index contributed by atoms with van der Waals surface area (Å²) in [7, 11) is 1.51. The number of nitro groups is 1. The van der Waals surface area contributed by atoms with Gasteiger partial charge in [0.1, 0.15) is 0 Å². The molecular formula is C18H20N6O6. The van der Waals surface area contributed by atoms with Gasteiger partial charge in [-0.15, -0.1) is 0 Å². The highest BCUT2D eigenvalue weighted by Crippen LogP contribution is 2.25. The molecule has 1 aliphatic heterocycles. The van der Waals surface area contributed by atoms with Crippen LogP contribution in [0.5, 0.6) is 0 Å². The summed E-state index contributed by atoms with van der Waals surface area (Å²) >= 11 is 0. The first-order chi connectivity index (χ1) is 14.4. The monoisotopic (exact) mass is 416 g/mol. The van der Waals surface area contributed by atoms with Crippen molar-refractivity contribution in [2.45, 2.75) is 12.6 Å². The molecule has 0 radical (unpaired) electrons. The lowest BCUT2D eigenvalue weighted by molar-refractivity contribution is -0.384. The zero-order valence-electron chi connectivity index (χ0n) is 16.1. The molecule has 1 fully saturated rings. The molecule has 30 heavy (non-hydrogen) atoms. The summed E-state index contributed by atoms with van der Waals surface area (Å²) in [6, 6.07) is 5.56. The highest BCUT2D eigenvalue weighted by molar-refractivity contribution is 5.74. The van der Waals surface area contributed by atoms with Crippen LogP contribution in [-0.2, 0) is 18.3 Å². The van der Waals surface area contributed by atoms with E-state index in [0.717, 1.165) is 0 Å². The maximum absolute atomic E-state index is 12.6. The molecule has 1 aliphatic rings. The van der Waals surface area contributed by atoms with E-state index in [9.17, 15) is 24.8 Å². The Kier molecular flexibility index (Phi) is 5.10. The van der Waals surface area contributed by atoms with E-state index in [1.165, 1.54) is 35.9 Å². The van der Waals surface area contributed by atoms with Crippen LogP contribution in [0.4, 0.5) is 11.6 Å². The number of H-pyrrole nitrogens is 1. The molecule has 0 amide bonds. The average molecular weight is 416 g/mol. The second-order valence-corrected chi connectivity index (χ2v) is 6.98. The maximum atomic E-state index is 12.6. The number of benzene rings is 1. The van der Waals surface area contributed by atoms with Crippen molar-refractivity contribution in [2.75, 3.05) is 31.2 Å². The number of imidazole rings is 1. The Morgan fingerprint density at radius 3 is 2.57 bits per heavy atom. The van der Waals surface area contributed by atoms with Crippen molar-refractivity contribution in [2.24, 2.45) is 7.05 Å². The smallest absolute Gasteiger partial charge is 0.329 e. The number of anilines is 1. The second kappa shape index (κ2) is 7.72. The van der Waals surface area contributed by atoms with Crippen LogP contribution in [0.25, 0.3) is 11.2 Å². The SMILES string of the molecule is Cn1c(=O)[nH]c(=O)c2c1nc(N1CCOCC1)n2C[C@@H](O)c1ccc([N+](=O)[O-])cc1. The summed E-state index contributed by atoms with van der Waals surface area (Å²) < 4.78 is 8.20. The Labute approximate surface area is 169 Å². The van der Waals surface area contributed by atoms with Crippen molar-refractivity contribution in [3.8, 4) is 0 Å². The minimum absolute atomic E-state index is 0.0255. The fourth-order valence-corrected chi connectivity index (χ4v) is 3.50. The molecule has 0 saturated carbocycles. The van der Waals surface area contributed by atoms with Gasteiger partial charge in [-0.2, -0.15) is 4.98 Å². The van der Waals surface area contributed by atoms with Gasteiger partial charge in [0, 0.05) is 32.3 Å². The molecule has 2 N–H and O–H groups in total.